The standard InChI is InChI=1S/C79H82F6O/c1-7-11-15-19-35-76(36-20-16-12-8-2)71-46-55(25-31-65(71)67-33-27-57(48-73(67)76)59-40-51(5)39-52(6)41-59)53-23-29-63-64-30-24-54(45-70(64)75(86)69(63)44-53)56-26-32-66-68-34-28-58(60-42-61(78(80,81)82)50-62(43-60)79(83,84)85)49-74(68)77(72(66)47-56,37-21-17-13-9-3)38-22-18-14-10-4/h23-34,39-50H,7-22,35-38H2,1-6H3. The molecule has 0 heterocycles. The van der Waals surface area contributed by atoms with Crippen LogP contribution in [0.5, 0.6) is 0 Å². The summed E-state index contributed by atoms with van der Waals surface area (Å²) in [7, 11) is 0. The Morgan fingerprint density at radius 2 is 0.570 bits per heavy atom. The Labute approximate surface area is 506 Å². The lowest BCUT2D eigenvalue weighted by atomic mass is 9.70. The topological polar surface area (TPSA) is 17.1 Å². The zero-order valence-corrected chi connectivity index (χ0v) is 51.2. The van der Waals surface area contributed by atoms with Crippen molar-refractivity contribution in [3.8, 4) is 77.9 Å². The number of unbranched alkanes of at least 4 members (excludes halogenated alkanes) is 12. The van der Waals surface area contributed by atoms with Crippen LogP contribution in [0.2, 0.25) is 0 Å². The van der Waals surface area contributed by atoms with E-state index in [1.165, 1.54) is 83.0 Å². The van der Waals surface area contributed by atoms with Gasteiger partial charge in [-0.3, -0.25) is 4.79 Å². The number of fused-ring (bicyclic) bond motifs is 9. The predicted octanol–water partition coefficient (Wildman–Crippen LogP) is 24.6. The maximum absolute atomic E-state index is 15.0. The van der Waals surface area contributed by atoms with Crippen LogP contribution in [0.25, 0.3) is 77.9 Å². The maximum Gasteiger partial charge on any atom is 0.416 e. The summed E-state index contributed by atoms with van der Waals surface area (Å²) < 4.78 is 85.5. The molecule has 3 aliphatic rings. The van der Waals surface area contributed by atoms with E-state index in [4.69, 9.17) is 0 Å². The molecule has 0 aromatic heterocycles. The molecule has 0 saturated heterocycles. The van der Waals surface area contributed by atoms with Crippen LogP contribution in [0.15, 0.2) is 146 Å². The molecule has 0 aliphatic heterocycles. The minimum Gasteiger partial charge on any atom is -0.289 e. The van der Waals surface area contributed by atoms with E-state index in [1.807, 2.05) is 18.2 Å². The Balaban J connectivity index is 0.953. The molecular weight excluding hydrogens is 1080 g/mol. The van der Waals surface area contributed by atoms with Crippen molar-refractivity contribution in [2.75, 3.05) is 0 Å². The molecule has 0 N–H and O–H groups in total. The molecule has 0 spiro atoms. The summed E-state index contributed by atoms with van der Waals surface area (Å²) in [5, 5.41) is 0. The van der Waals surface area contributed by atoms with Gasteiger partial charge in [-0.1, -0.05) is 233 Å². The van der Waals surface area contributed by atoms with Crippen molar-refractivity contribution in [1.29, 1.82) is 0 Å². The predicted molar refractivity (Wildman–Crippen MR) is 344 cm³/mol. The smallest absolute Gasteiger partial charge is 0.289 e. The highest BCUT2D eigenvalue weighted by Gasteiger charge is 2.45. The largest absolute Gasteiger partial charge is 0.416 e. The average Bonchev–Trinajstić information content (AvgIpc) is 1.64. The van der Waals surface area contributed by atoms with E-state index in [2.05, 4.69) is 145 Å². The van der Waals surface area contributed by atoms with E-state index in [0.29, 0.717) is 16.7 Å². The first-order valence-corrected chi connectivity index (χ1v) is 32.2. The summed E-state index contributed by atoms with van der Waals surface area (Å²) in [6.07, 6.45) is 11.4. The molecule has 0 unspecified atom stereocenters. The summed E-state index contributed by atoms with van der Waals surface area (Å²) in [4.78, 5) is 15.0. The van der Waals surface area contributed by atoms with E-state index in [0.717, 1.165) is 158 Å². The van der Waals surface area contributed by atoms with Gasteiger partial charge in [0.2, 0.25) is 0 Å². The summed E-state index contributed by atoms with van der Waals surface area (Å²) in [5.41, 5.74) is 18.7. The van der Waals surface area contributed by atoms with Crippen molar-refractivity contribution in [2.24, 2.45) is 0 Å². The molecule has 3 aliphatic carbocycles. The second-order valence-corrected chi connectivity index (χ2v) is 25.5. The molecule has 7 heteroatoms. The third-order valence-electron chi connectivity index (χ3n) is 19.5. The van der Waals surface area contributed by atoms with Crippen molar-refractivity contribution >= 4 is 5.78 Å². The number of ketones is 1. The molecule has 0 radical (unpaired) electrons. The number of alkyl halides is 6. The highest BCUT2D eigenvalue weighted by molar-refractivity contribution is 6.22. The lowest BCUT2D eigenvalue weighted by Crippen LogP contribution is -2.25. The van der Waals surface area contributed by atoms with Crippen molar-refractivity contribution in [3.05, 3.63) is 201 Å². The minimum absolute atomic E-state index is 0.00191. The van der Waals surface area contributed by atoms with Gasteiger partial charge in [0.05, 0.1) is 11.1 Å². The van der Waals surface area contributed by atoms with Gasteiger partial charge in [0.1, 0.15) is 0 Å². The molecule has 446 valence electrons. The molecule has 0 bridgehead atoms. The molecule has 11 rings (SSSR count). The molecular formula is C79H82F6O. The molecule has 0 amide bonds. The maximum atomic E-state index is 15.0. The van der Waals surface area contributed by atoms with Crippen molar-refractivity contribution in [1.82, 2.24) is 0 Å². The highest BCUT2D eigenvalue weighted by Crippen LogP contribution is 2.58. The van der Waals surface area contributed by atoms with Gasteiger partial charge in [0, 0.05) is 22.0 Å². The van der Waals surface area contributed by atoms with Crippen molar-refractivity contribution < 1.29 is 31.1 Å². The van der Waals surface area contributed by atoms with Crippen LogP contribution in [0.4, 0.5) is 26.3 Å². The van der Waals surface area contributed by atoms with Crippen LogP contribution in [0, 0.1) is 13.8 Å². The van der Waals surface area contributed by atoms with Gasteiger partial charge in [0.25, 0.3) is 0 Å². The van der Waals surface area contributed by atoms with E-state index in [1.54, 1.807) is 6.07 Å². The zero-order valence-electron chi connectivity index (χ0n) is 51.2. The van der Waals surface area contributed by atoms with Gasteiger partial charge in [-0.15, -0.1) is 0 Å². The van der Waals surface area contributed by atoms with Crippen LogP contribution in [0.1, 0.15) is 217 Å². The van der Waals surface area contributed by atoms with Crippen LogP contribution in [-0.2, 0) is 23.2 Å². The van der Waals surface area contributed by atoms with Crippen molar-refractivity contribution in [3.63, 3.8) is 0 Å². The SMILES string of the molecule is CCCCCCC1(CCCCCC)c2cc(-c3cc(C)cc(C)c3)ccc2-c2ccc(-c3ccc4c(c3)C(=O)c3cc(-c5ccc6c(c5)C(CCCCCC)(CCCCCC)c5cc(-c7cc(C(F)(F)F)cc(C(F)(F)F)c7)ccc5-6)ccc3-4)cc21. The fourth-order valence-electron chi connectivity index (χ4n) is 15.2. The third kappa shape index (κ3) is 11.7. The quantitative estimate of drug-likeness (QED) is 0.0435. The minimum atomic E-state index is -4.96. The van der Waals surface area contributed by atoms with Gasteiger partial charge in [-0.25, -0.2) is 0 Å². The van der Waals surface area contributed by atoms with Gasteiger partial charge in [0.15, 0.2) is 5.78 Å². The van der Waals surface area contributed by atoms with E-state index < -0.39 is 28.9 Å². The Kier molecular flexibility index (Phi) is 17.6. The first kappa shape index (κ1) is 60.7. The highest BCUT2D eigenvalue weighted by atomic mass is 19.4. The number of aryl methyl sites for hydroxylation is 2. The van der Waals surface area contributed by atoms with Gasteiger partial charge in [-0.2, -0.15) is 26.3 Å². The fraction of sp³-hybridized carbons (Fsp3) is 0.380. The first-order chi connectivity index (χ1) is 41.4. The molecule has 0 atom stereocenters. The van der Waals surface area contributed by atoms with Gasteiger partial charge >= 0.3 is 12.4 Å². The lowest BCUT2D eigenvalue weighted by Gasteiger charge is -2.33. The Morgan fingerprint density at radius 3 is 0.872 bits per heavy atom. The van der Waals surface area contributed by atoms with Gasteiger partial charge < -0.3 is 0 Å². The number of hydrogen-bond acceptors (Lipinski definition) is 1. The number of rotatable bonds is 24. The van der Waals surface area contributed by atoms with Crippen LogP contribution >= 0.6 is 0 Å². The molecule has 0 saturated carbocycles. The second kappa shape index (κ2) is 25.0. The summed E-state index contributed by atoms with van der Waals surface area (Å²) in [6, 6.07) is 47.7. The summed E-state index contributed by atoms with van der Waals surface area (Å²) in [5.74, 6) is -0.00191. The van der Waals surface area contributed by atoms with Crippen LogP contribution in [0.3, 0.4) is 0 Å². The third-order valence-corrected chi connectivity index (χ3v) is 19.5. The number of carbonyl (C=O) groups excluding carboxylic acids is 1. The normalized spacial score (nSPS) is 14.3. The summed E-state index contributed by atoms with van der Waals surface area (Å²) in [6.45, 7) is 13.3. The van der Waals surface area contributed by atoms with E-state index in [9.17, 15) is 31.1 Å². The van der Waals surface area contributed by atoms with E-state index in [-0.39, 0.29) is 22.8 Å². The second-order valence-electron chi connectivity index (χ2n) is 25.5. The number of halogens is 6. The Hall–Kier alpha value is -6.99. The molecule has 0 fully saturated rings. The molecule has 8 aromatic rings. The molecule has 8 aromatic carbocycles. The van der Waals surface area contributed by atoms with Crippen molar-refractivity contribution in [2.45, 2.75) is 193 Å². The molecule has 86 heavy (non-hydrogen) atoms. The van der Waals surface area contributed by atoms with Crippen LogP contribution < -0.4 is 0 Å². The lowest BCUT2D eigenvalue weighted by molar-refractivity contribution is -0.143. The fourth-order valence-corrected chi connectivity index (χ4v) is 15.2. The van der Waals surface area contributed by atoms with E-state index >= 15 is 0 Å². The number of hydrogen-bond donors (Lipinski definition) is 0. The van der Waals surface area contributed by atoms with Crippen LogP contribution in [-0.4, -0.2) is 5.78 Å². The monoisotopic (exact) mass is 1160 g/mol. The zero-order chi connectivity index (χ0) is 60.5. The number of carbonyl (C=O) groups is 1. The first-order valence-electron chi connectivity index (χ1n) is 32.2. The number of benzene rings is 8. The average molecular weight is 1160 g/mol. The van der Waals surface area contributed by atoms with Gasteiger partial charge in [-0.05, 0) is 194 Å². The molecule has 1 nitrogen and oxygen atoms in total. The summed E-state index contributed by atoms with van der Waals surface area (Å²) >= 11 is 0. The Bertz CT molecular complexity index is 3740. The Morgan fingerprint density at radius 1 is 0.291 bits per heavy atom.